The lowest BCUT2D eigenvalue weighted by Crippen LogP contribution is -2.11. The molecule has 5 nitrogen and oxygen atoms in total. The standard InChI is InChI=1S/C19H21BrO5/c1-10-7-8-12(20)17(23-4)14(10)16(21)15-11(2)9-13(22-3)18(24-5)19(15)25-6/h7-9H,1-6H3. The molecule has 0 saturated carbocycles. The monoisotopic (exact) mass is 408 g/mol. The van der Waals surface area contributed by atoms with Gasteiger partial charge in [0.2, 0.25) is 11.5 Å². The van der Waals surface area contributed by atoms with Gasteiger partial charge in [-0.15, -0.1) is 0 Å². The molecule has 0 spiro atoms. The van der Waals surface area contributed by atoms with Crippen LogP contribution >= 0.6 is 15.9 Å². The van der Waals surface area contributed by atoms with Gasteiger partial charge in [0.25, 0.3) is 0 Å². The molecular weight excluding hydrogens is 388 g/mol. The number of carbonyl (C=O) groups excluding carboxylic acids is 1. The van der Waals surface area contributed by atoms with E-state index in [9.17, 15) is 4.79 Å². The first-order valence-corrected chi connectivity index (χ1v) is 8.37. The van der Waals surface area contributed by atoms with Crippen molar-refractivity contribution in [2.75, 3.05) is 28.4 Å². The Bertz CT molecular complexity index is 814. The van der Waals surface area contributed by atoms with Crippen molar-refractivity contribution in [1.82, 2.24) is 0 Å². The van der Waals surface area contributed by atoms with Crippen LogP contribution in [0.1, 0.15) is 27.0 Å². The highest BCUT2D eigenvalue weighted by Gasteiger charge is 2.28. The van der Waals surface area contributed by atoms with Gasteiger partial charge in [0.15, 0.2) is 11.5 Å². The Morgan fingerprint density at radius 3 is 1.88 bits per heavy atom. The fourth-order valence-corrected chi connectivity index (χ4v) is 3.32. The van der Waals surface area contributed by atoms with Crippen LogP contribution in [0.3, 0.4) is 0 Å². The van der Waals surface area contributed by atoms with Crippen LogP contribution in [0.2, 0.25) is 0 Å². The summed E-state index contributed by atoms with van der Waals surface area (Å²) >= 11 is 3.43. The van der Waals surface area contributed by atoms with Crippen molar-refractivity contribution >= 4 is 21.7 Å². The van der Waals surface area contributed by atoms with Crippen LogP contribution in [0.25, 0.3) is 0 Å². The average Bonchev–Trinajstić information content (AvgIpc) is 2.61. The topological polar surface area (TPSA) is 54.0 Å². The summed E-state index contributed by atoms with van der Waals surface area (Å²) in [6.45, 7) is 3.70. The number of carbonyl (C=O) groups is 1. The molecule has 6 heteroatoms. The minimum Gasteiger partial charge on any atom is -0.495 e. The quantitative estimate of drug-likeness (QED) is 0.665. The number of hydrogen-bond acceptors (Lipinski definition) is 5. The van der Waals surface area contributed by atoms with Gasteiger partial charge in [0, 0.05) is 0 Å². The van der Waals surface area contributed by atoms with Crippen molar-refractivity contribution in [3.05, 3.63) is 44.9 Å². The van der Waals surface area contributed by atoms with Gasteiger partial charge in [0.1, 0.15) is 5.75 Å². The third-order valence-electron chi connectivity index (χ3n) is 4.00. The molecule has 0 bridgehead atoms. The molecule has 0 radical (unpaired) electrons. The average molecular weight is 409 g/mol. The molecule has 0 atom stereocenters. The summed E-state index contributed by atoms with van der Waals surface area (Å²) < 4.78 is 22.4. The summed E-state index contributed by atoms with van der Waals surface area (Å²) in [5, 5.41) is 0. The van der Waals surface area contributed by atoms with E-state index in [0.29, 0.717) is 38.6 Å². The normalized spacial score (nSPS) is 10.4. The SMILES string of the molecule is COc1cc(C)c(C(=O)c2c(C)ccc(Br)c2OC)c(OC)c1OC. The van der Waals surface area contributed by atoms with Crippen molar-refractivity contribution in [2.24, 2.45) is 0 Å². The molecule has 134 valence electrons. The first-order valence-electron chi connectivity index (χ1n) is 7.58. The maximum atomic E-state index is 13.4. The molecule has 2 aromatic rings. The van der Waals surface area contributed by atoms with E-state index in [4.69, 9.17) is 18.9 Å². The van der Waals surface area contributed by atoms with E-state index in [0.717, 1.165) is 11.1 Å². The summed E-state index contributed by atoms with van der Waals surface area (Å²) in [7, 11) is 6.09. The van der Waals surface area contributed by atoms with E-state index in [1.54, 1.807) is 13.2 Å². The van der Waals surface area contributed by atoms with Crippen molar-refractivity contribution < 1.29 is 23.7 Å². The molecule has 0 N–H and O–H groups in total. The summed E-state index contributed by atoms with van der Waals surface area (Å²) in [5.74, 6) is 1.51. The summed E-state index contributed by atoms with van der Waals surface area (Å²) in [4.78, 5) is 13.4. The Morgan fingerprint density at radius 2 is 1.36 bits per heavy atom. The molecule has 0 amide bonds. The highest BCUT2D eigenvalue weighted by atomic mass is 79.9. The van der Waals surface area contributed by atoms with Gasteiger partial charge in [-0.25, -0.2) is 0 Å². The van der Waals surface area contributed by atoms with Gasteiger partial charge >= 0.3 is 0 Å². The zero-order chi connectivity index (χ0) is 18.7. The maximum Gasteiger partial charge on any atom is 0.204 e. The lowest BCUT2D eigenvalue weighted by Gasteiger charge is -2.19. The number of rotatable bonds is 6. The minimum absolute atomic E-state index is 0.203. The predicted octanol–water partition coefficient (Wildman–Crippen LogP) is 4.33. The Balaban J connectivity index is 2.80. The van der Waals surface area contributed by atoms with Gasteiger partial charge in [0.05, 0.1) is 44.0 Å². The van der Waals surface area contributed by atoms with Crippen molar-refractivity contribution in [1.29, 1.82) is 0 Å². The summed E-state index contributed by atoms with van der Waals surface area (Å²) in [5.41, 5.74) is 2.42. The van der Waals surface area contributed by atoms with Gasteiger partial charge in [-0.1, -0.05) is 6.07 Å². The van der Waals surface area contributed by atoms with Crippen LogP contribution in [-0.2, 0) is 0 Å². The van der Waals surface area contributed by atoms with E-state index in [1.807, 2.05) is 26.0 Å². The molecule has 2 rings (SSSR count). The highest BCUT2D eigenvalue weighted by Crippen LogP contribution is 2.44. The number of aryl methyl sites for hydroxylation is 2. The Morgan fingerprint density at radius 1 is 0.800 bits per heavy atom. The number of halogens is 1. The fourth-order valence-electron chi connectivity index (χ4n) is 2.82. The van der Waals surface area contributed by atoms with Crippen LogP contribution < -0.4 is 18.9 Å². The van der Waals surface area contributed by atoms with Crippen LogP contribution in [-0.4, -0.2) is 34.2 Å². The molecule has 0 unspecified atom stereocenters. The zero-order valence-corrected chi connectivity index (χ0v) is 16.7. The van der Waals surface area contributed by atoms with Crippen molar-refractivity contribution in [2.45, 2.75) is 13.8 Å². The molecule has 25 heavy (non-hydrogen) atoms. The fraction of sp³-hybridized carbons (Fsp3) is 0.316. The Hall–Kier alpha value is -2.21. The lowest BCUT2D eigenvalue weighted by atomic mass is 9.93. The molecule has 0 fully saturated rings. The van der Waals surface area contributed by atoms with E-state index >= 15 is 0 Å². The molecule has 0 heterocycles. The third-order valence-corrected chi connectivity index (χ3v) is 4.63. The zero-order valence-electron chi connectivity index (χ0n) is 15.2. The number of ether oxygens (including phenoxy) is 4. The van der Waals surface area contributed by atoms with Crippen LogP contribution in [0.4, 0.5) is 0 Å². The Labute approximate surface area is 156 Å². The van der Waals surface area contributed by atoms with E-state index in [2.05, 4.69) is 15.9 Å². The first kappa shape index (κ1) is 19.1. The number of methoxy groups -OCH3 is 4. The van der Waals surface area contributed by atoms with E-state index in [-0.39, 0.29) is 5.78 Å². The van der Waals surface area contributed by atoms with Crippen LogP contribution in [0, 0.1) is 13.8 Å². The van der Waals surface area contributed by atoms with Crippen molar-refractivity contribution in [3.8, 4) is 23.0 Å². The Kier molecular flexibility index (Phi) is 5.95. The molecule has 0 aliphatic rings. The second kappa shape index (κ2) is 7.78. The number of ketones is 1. The molecule has 0 aromatic heterocycles. The second-order valence-electron chi connectivity index (χ2n) is 5.44. The summed E-state index contributed by atoms with van der Waals surface area (Å²) in [6.07, 6.45) is 0. The highest BCUT2D eigenvalue weighted by molar-refractivity contribution is 9.10. The summed E-state index contributed by atoms with van der Waals surface area (Å²) in [6, 6.07) is 5.47. The molecule has 0 aliphatic carbocycles. The predicted molar refractivity (Wildman–Crippen MR) is 99.7 cm³/mol. The first-order chi connectivity index (χ1) is 11.9. The molecular formula is C19H21BrO5. The molecule has 0 saturated heterocycles. The van der Waals surface area contributed by atoms with E-state index in [1.165, 1.54) is 21.3 Å². The van der Waals surface area contributed by atoms with Gasteiger partial charge in [-0.05, 0) is 53.0 Å². The van der Waals surface area contributed by atoms with Gasteiger partial charge < -0.3 is 18.9 Å². The third kappa shape index (κ3) is 3.31. The molecule has 2 aromatic carbocycles. The minimum atomic E-state index is -0.203. The largest absolute Gasteiger partial charge is 0.495 e. The second-order valence-corrected chi connectivity index (χ2v) is 6.29. The maximum absolute atomic E-state index is 13.4. The molecule has 0 aliphatic heterocycles. The van der Waals surface area contributed by atoms with Gasteiger partial charge in [-0.3, -0.25) is 4.79 Å². The number of hydrogen-bond donors (Lipinski definition) is 0. The van der Waals surface area contributed by atoms with Gasteiger partial charge in [-0.2, -0.15) is 0 Å². The van der Waals surface area contributed by atoms with E-state index < -0.39 is 0 Å². The van der Waals surface area contributed by atoms with Crippen LogP contribution in [0.15, 0.2) is 22.7 Å². The van der Waals surface area contributed by atoms with Crippen LogP contribution in [0.5, 0.6) is 23.0 Å². The smallest absolute Gasteiger partial charge is 0.204 e. The number of benzene rings is 2. The lowest BCUT2D eigenvalue weighted by molar-refractivity contribution is 0.103. The van der Waals surface area contributed by atoms with Crippen molar-refractivity contribution in [3.63, 3.8) is 0 Å².